The van der Waals surface area contributed by atoms with Gasteiger partial charge in [0.05, 0.1) is 0 Å². The Kier molecular flexibility index (Phi) is 4.12. The van der Waals surface area contributed by atoms with Crippen LogP contribution in [0.25, 0.3) is 0 Å². The fourth-order valence-electron chi connectivity index (χ4n) is 2.08. The molecule has 9 nitrogen and oxygen atoms in total. The lowest BCUT2D eigenvalue weighted by atomic mass is 10.3. The summed E-state index contributed by atoms with van der Waals surface area (Å²) < 4.78 is 11.0. The van der Waals surface area contributed by atoms with Crippen LogP contribution in [0.4, 0.5) is 16.6 Å². The van der Waals surface area contributed by atoms with Crippen LogP contribution in [0.3, 0.4) is 0 Å². The number of hydrogen-bond donors (Lipinski definition) is 2. The normalized spacial score (nSPS) is 18.6. The van der Waals surface area contributed by atoms with Gasteiger partial charge in [-0.3, -0.25) is 0 Å². The maximum atomic E-state index is 5.67. The second-order valence-electron chi connectivity index (χ2n) is 5.43. The maximum absolute atomic E-state index is 5.67. The third-order valence-corrected chi connectivity index (χ3v) is 4.11. The fraction of sp³-hybridized carbons (Fsp3) is 0.267. The number of aromatic nitrogens is 5. The Bertz CT molecular complexity index is 857. The molecule has 1 aliphatic heterocycles. The number of rotatable bonds is 6. The summed E-state index contributed by atoms with van der Waals surface area (Å²) in [6.45, 7) is 3.82. The maximum Gasteiger partial charge on any atom is 0.343 e. The van der Waals surface area contributed by atoms with Gasteiger partial charge in [-0.2, -0.15) is 4.98 Å². The Labute approximate surface area is 147 Å². The molecule has 0 bridgehead atoms. The lowest BCUT2D eigenvalue weighted by molar-refractivity contribution is 0.392. The standard InChI is InChI=1S/C15H15N7O2S/c1-8-12(19-15-22-16-7-25-15)18-14(21-20-8)24-11-5-3-10(4-6-11)17-13-9(2)23-13/h3-7,9,13,17H,1-2H3,(H,18,19,21,22). The van der Waals surface area contributed by atoms with Crippen LogP contribution < -0.4 is 15.4 Å². The lowest BCUT2D eigenvalue weighted by Gasteiger charge is -2.08. The van der Waals surface area contributed by atoms with E-state index in [0.29, 0.717) is 22.4 Å². The molecule has 10 heteroatoms. The summed E-state index contributed by atoms with van der Waals surface area (Å²) in [5, 5.41) is 22.6. The van der Waals surface area contributed by atoms with E-state index in [0.717, 1.165) is 5.69 Å². The van der Waals surface area contributed by atoms with E-state index < -0.39 is 0 Å². The van der Waals surface area contributed by atoms with Gasteiger partial charge in [-0.25, -0.2) is 0 Å². The summed E-state index contributed by atoms with van der Waals surface area (Å²) in [5.41, 5.74) is 3.23. The van der Waals surface area contributed by atoms with Crippen molar-refractivity contribution in [2.75, 3.05) is 10.6 Å². The first kappa shape index (κ1) is 15.7. The number of benzene rings is 1. The van der Waals surface area contributed by atoms with Gasteiger partial charge >= 0.3 is 6.01 Å². The number of anilines is 3. The number of ether oxygens (including phenoxy) is 2. The van der Waals surface area contributed by atoms with E-state index in [2.05, 4.69) is 36.0 Å². The van der Waals surface area contributed by atoms with Crippen molar-refractivity contribution in [3.63, 3.8) is 0 Å². The van der Waals surface area contributed by atoms with Crippen LogP contribution in [0, 0.1) is 6.92 Å². The summed E-state index contributed by atoms with van der Waals surface area (Å²) in [7, 11) is 0. The summed E-state index contributed by atoms with van der Waals surface area (Å²) in [6, 6.07) is 7.63. The van der Waals surface area contributed by atoms with Crippen LogP contribution in [-0.4, -0.2) is 37.7 Å². The van der Waals surface area contributed by atoms with E-state index in [1.165, 1.54) is 11.3 Å². The minimum Gasteiger partial charge on any atom is -0.423 e. The topological polar surface area (TPSA) is 110 Å². The summed E-state index contributed by atoms with van der Waals surface area (Å²) in [4.78, 5) is 4.33. The van der Waals surface area contributed by atoms with Crippen molar-refractivity contribution >= 4 is 28.0 Å². The summed E-state index contributed by atoms with van der Waals surface area (Å²) in [5.74, 6) is 1.14. The third-order valence-electron chi connectivity index (χ3n) is 3.50. The Hall–Kier alpha value is -2.85. The number of hydrogen-bond acceptors (Lipinski definition) is 10. The molecule has 2 N–H and O–H groups in total. The second-order valence-corrected chi connectivity index (χ2v) is 6.26. The zero-order valence-corrected chi connectivity index (χ0v) is 14.3. The van der Waals surface area contributed by atoms with Crippen molar-refractivity contribution in [2.45, 2.75) is 26.2 Å². The molecule has 0 radical (unpaired) electrons. The van der Waals surface area contributed by atoms with Crippen LogP contribution in [0.15, 0.2) is 29.8 Å². The van der Waals surface area contributed by atoms with E-state index in [-0.39, 0.29) is 18.3 Å². The van der Waals surface area contributed by atoms with Gasteiger partial charge in [0.1, 0.15) is 23.1 Å². The van der Waals surface area contributed by atoms with E-state index in [4.69, 9.17) is 9.47 Å². The highest BCUT2D eigenvalue weighted by atomic mass is 32.1. The van der Waals surface area contributed by atoms with Gasteiger partial charge in [0.25, 0.3) is 0 Å². The lowest BCUT2D eigenvalue weighted by Crippen LogP contribution is -2.05. The molecule has 2 atom stereocenters. The summed E-state index contributed by atoms with van der Waals surface area (Å²) >= 11 is 1.37. The molecule has 1 fully saturated rings. The van der Waals surface area contributed by atoms with Gasteiger partial charge in [0.15, 0.2) is 12.0 Å². The molecular weight excluding hydrogens is 342 g/mol. The van der Waals surface area contributed by atoms with Crippen molar-refractivity contribution in [1.82, 2.24) is 25.4 Å². The van der Waals surface area contributed by atoms with Crippen LogP contribution in [-0.2, 0) is 4.74 Å². The first-order chi connectivity index (χ1) is 12.2. The van der Waals surface area contributed by atoms with Gasteiger partial charge in [0.2, 0.25) is 5.13 Å². The SMILES string of the molecule is Cc1nnc(Oc2ccc(NC3OC3C)cc2)nc1Nc1nncs1. The molecule has 2 aromatic heterocycles. The first-order valence-electron chi connectivity index (χ1n) is 7.62. The Morgan fingerprint density at radius 2 is 1.96 bits per heavy atom. The monoisotopic (exact) mass is 357 g/mol. The minimum atomic E-state index is 0.0883. The van der Waals surface area contributed by atoms with E-state index >= 15 is 0 Å². The average molecular weight is 357 g/mol. The van der Waals surface area contributed by atoms with Crippen molar-refractivity contribution in [1.29, 1.82) is 0 Å². The van der Waals surface area contributed by atoms with Gasteiger partial charge < -0.3 is 20.1 Å². The van der Waals surface area contributed by atoms with Crippen molar-refractivity contribution in [2.24, 2.45) is 0 Å². The second kappa shape index (κ2) is 6.57. The van der Waals surface area contributed by atoms with Crippen molar-refractivity contribution < 1.29 is 9.47 Å². The number of epoxide rings is 1. The first-order valence-corrected chi connectivity index (χ1v) is 8.50. The van der Waals surface area contributed by atoms with Gasteiger partial charge in [-0.15, -0.1) is 15.3 Å². The average Bonchev–Trinajstić information content (AvgIpc) is 3.08. The zero-order valence-electron chi connectivity index (χ0n) is 13.5. The molecule has 3 aromatic rings. The minimum absolute atomic E-state index is 0.0883. The molecule has 0 amide bonds. The van der Waals surface area contributed by atoms with E-state index in [1.807, 2.05) is 31.2 Å². The van der Waals surface area contributed by atoms with Gasteiger partial charge in [0, 0.05) is 5.69 Å². The third kappa shape index (κ3) is 3.80. The predicted molar refractivity (Wildman–Crippen MR) is 92.2 cm³/mol. The van der Waals surface area contributed by atoms with E-state index in [9.17, 15) is 0 Å². The number of nitrogens with zero attached hydrogens (tertiary/aromatic N) is 5. The molecule has 25 heavy (non-hydrogen) atoms. The molecule has 0 saturated carbocycles. The quantitative estimate of drug-likeness (QED) is 0.643. The number of aryl methyl sites for hydroxylation is 1. The smallest absolute Gasteiger partial charge is 0.343 e. The molecule has 1 saturated heterocycles. The molecule has 0 spiro atoms. The van der Waals surface area contributed by atoms with Crippen LogP contribution in [0.2, 0.25) is 0 Å². The highest BCUT2D eigenvalue weighted by molar-refractivity contribution is 7.13. The van der Waals surface area contributed by atoms with Crippen molar-refractivity contribution in [3.05, 3.63) is 35.5 Å². The van der Waals surface area contributed by atoms with Gasteiger partial charge in [-0.05, 0) is 38.1 Å². The molecule has 1 aromatic carbocycles. The van der Waals surface area contributed by atoms with Crippen LogP contribution in [0.5, 0.6) is 11.8 Å². The van der Waals surface area contributed by atoms with Gasteiger partial charge in [-0.1, -0.05) is 16.4 Å². The molecule has 2 unspecified atom stereocenters. The van der Waals surface area contributed by atoms with Crippen LogP contribution >= 0.6 is 11.3 Å². The van der Waals surface area contributed by atoms with Crippen LogP contribution in [0.1, 0.15) is 12.6 Å². The molecule has 0 aliphatic carbocycles. The highest BCUT2D eigenvalue weighted by Crippen LogP contribution is 2.26. The molecule has 4 rings (SSSR count). The zero-order chi connectivity index (χ0) is 17.2. The fourth-order valence-corrected chi connectivity index (χ4v) is 2.52. The predicted octanol–water partition coefficient (Wildman–Crippen LogP) is 2.72. The molecular formula is C15H15N7O2S. The molecule has 3 heterocycles. The Morgan fingerprint density at radius 1 is 1.16 bits per heavy atom. The molecule has 128 valence electrons. The summed E-state index contributed by atoms with van der Waals surface area (Å²) in [6.07, 6.45) is 0.340. The van der Waals surface area contributed by atoms with Crippen molar-refractivity contribution in [3.8, 4) is 11.8 Å². The largest absolute Gasteiger partial charge is 0.423 e. The highest BCUT2D eigenvalue weighted by Gasteiger charge is 2.33. The van der Waals surface area contributed by atoms with E-state index in [1.54, 1.807) is 12.4 Å². The Balaban J connectivity index is 1.44. The Morgan fingerprint density at radius 3 is 2.64 bits per heavy atom. The number of nitrogens with one attached hydrogen (secondary N) is 2. The molecule has 1 aliphatic rings.